The predicted molar refractivity (Wildman–Crippen MR) is 109 cm³/mol. The van der Waals surface area contributed by atoms with Gasteiger partial charge in [-0.3, -0.25) is 14.2 Å². The highest BCUT2D eigenvalue weighted by atomic mass is 32.2. The van der Waals surface area contributed by atoms with Crippen LogP contribution in [-0.4, -0.2) is 51.4 Å². The van der Waals surface area contributed by atoms with Crippen LogP contribution in [0.1, 0.15) is 5.56 Å². The highest BCUT2D eigenvalue weighted by molar-refractivity contribution is 7.89. The summed E-state index contributed by atoms with van der Waals surface area (Å²) >= 11 is 0. The van der Waals surface area contributed by atoms with E-state index < -0.39 is 33.7 Å². The zero-order chi connectivity index (χ0) is 22.2. The molecule has 30 heavy (non-hydrogen) atoms. The van der Waals surface area contributed by atoms with E-state index in [1.807, 2.05) is 0 Å². The van der Waals surface area contributed by atoms with Gasteiger partial charge in [0, 0.05) is 34.7 Å². The summed E-state index contributed by atoms with van der Waals surface area (Å²) in [5, 5.41) is 2.63. The summed E-state index contributed by atoms with van der Waals surface area (Å²) in [6.45, 7) is -0.329. The fourth-order valence-corrected chi connectivity index (χ4v) is 3.83. The van der Waals surface area contributed by atoms with E-state index in [9.17, 15) is 22.8 Å². The van der Waals surface area contributed by atoms with Crippen LogP contribution in [0, 0.1) is 0 Å². The number of benzene rings is 1. The summed E-state index contributed by atoms with van der Waals surface area (Å²) in [6.07, 6.45) is 1.43. The van der Waals surface area contributed by atoms with Crippen molar-refractivity contribution in [2.75, 3.05) is 14.1 Å². The number of aromatic nitrogens is 4. The fraction of sp³-hybridized carbons (Fsp3) is 0.333. The molecule has 0 bridgehead atoms. The maximum absolute atomic E-state index is 12.6. The van der Waals surface area contributed by atoms with E-state index in [0.717, 1.165) is 8.87 Å². The maximum Gasteiger partial charge on any atom is 0.332 e. The molecular weight excluding hydrogens is 412 g/mol. The number of nitrogens with zero attached hydrogens (tertiary/aromatic N) is 5. The molecule has 160 valence electrons. The average molecular weight is 434 g/mol. The number of aryl methyl sites for hydroxylation is 2. The number of rotatable bonds is 6. The van der Waals surface area contributed by atoms with E-state index in [0.29, 0.717) is 5.56 Å². The van der Waals surface area contributed by atoms with Crippen molar-refractivity contribution in [3.8, 4) is 0 Å². The number of carbonyl (C=O) groups is 1. The van der Waals surface area contributed by atoms with Crippen LogP contribution in [0.25, 0.3) is 11.2 Å². The van der Waals surface area contributed by atoms with Crippen molar-refractivity contribution in [3.63, 3.8) is 0 Å². The lowest BCUT2D eigenvalue weighted by Crippen LogP contribution is -2.43. The van der Waals surface area contributed by atoms with Gasteiger partial charge in [-0.2, -0.15) is 0 Å². The molecule has 0 saturated heterocycles. The zero-order valence-corrected chi connectivity index (χ0v) is 17.8. The summed E-state index contributed by atoms with van der Waals surface area (Å²) in [6, 6.07) is 6.08. The number of hydrogen-bond acceptors (Lipinski definition) is 6. The van der Waals surface area contributed by atoms with Gasteiger partial charge in [0.25, 0.3) is 5.56 Å². The van der Waals surface area contributed by atoms with Crippen LogP contribution in [0.5, 0.6) is 0 Å². The highest BCUT2D eigenvalue weighted by Crippen LogP contribution is 2.13. The average Bonchev–Trinajstić information content (AvgIpc) is 3.10. The van der Waals surface area contributed by atoms with Crippen molar-refractivity contribution < 1.29 is 13.2 Å². The number of nitrogens with one attached hydrogen (secondary N) is 1. The molecule has 1 amide bonds. The first kappa shape index (κ1) is 21.5. The minimum absolute atomic E-state index is 0.115. The third kappa shape index (κ3) is 3.78. The third-order valence-electron chi connectivity index (χ3n) is 4.69. The van der Waals surface area contributed by atoms with E-state index in [-0.39, 0.29) is 22.6 Å². The number of sulfonamides is 1. The van der Waals surface area contributed by atoms with Gasteiger partial charge in [-0.1, -0.05) is 12.1 Å². The lowest BCUT2D eigenvalue weighted by molar-refractivity contribution is -0.121. The van der Waals surface area contributed by atoms with Gasteiger partial charge in [0.2, 0.25) is 15.9 Å². The quantitative estimate of drug-likeness (QED) is 0.530. The minimum Gasteiger partial charge on any atom is -0.350 e. The van der Waals surface area contributed by atoms with Gasteiger partial charge >= 0.3 is 5.69 Å². The minimum atomic E-state index is -3.53. The van der Waals surface area contributed by atoms with Crippen molar-refractivity contribution >= 4 is 27.1 Å². The third-order valence-corrected chi connectivity index (χ3v) is 6.52. The molecule has 0 saturated carbocycles. The maximum atomic E-state index is 12.6. The second-order valence-corrected chi connectivity index (χ2v) is 9.12. The molecule has 0 fully saturated rings. The molecule has 0 spiro atoms. The molecule has 0 aliphatic carbocycles. The van der Waals surface area contributed by atoms with Gasteiger partial charge < -0.3 is 9.88 Å². The summed E-state index contributed by atoms with van der Waals surface area (Å²) in [4.78, 5) is 41.6. The number of carbonyl (C=O) groups excluding carboxylic acids is 1. The van der Waals surface area contributed by atoms with Gasteiger partial charge in [-0.25, -0.2) is 27.1 Å². The van der Waals surface area contributed by atoms with Crippen LogP contribution in [0.3, 0.4) is 0 Å². The Hall–Kier alpha value is -3.25. The number of hydrogen-bond donors (Lipinski definition) is 1. The van der Waals surface area contributed by atoms with Crippen LogP contribution >= 0.6 is 0 Å². The monoisotopic (exact) mass is 434 g/mol. The molecule has 11 nitrogen and oxygen atoms in total. The molecule has 2 heterocycles. The van der Waals surface area contributed by atoms with Gasteiger partial charge in [0.15, 0.2) is 11.2 Å². The SMILES string of the molecule is CN(C)S(=O)(=O)c1ccc(CNC(=O)Cn2c(=O)c3c(ncn3C)n(C)c2=O)cc1. The molecule has 1 aromatic carbocycles. The molecule has 0 radical (unpaired) electrons. The fourth-order valence-electron chi connectivity index (χ4n) is 2.93. The second-order valence-electron chi connectivity index (χ2n) is 6.97. The number of amides is 1. The Morgan fingerprint density at radius 2 is 1.77 bits per heavy atom. The Morgan fingerprint density at radius 1 is 1.13 bits per heavy atom. The Balaban J connectivity index is 1.75. The second kappa shape index (κ2) is 7.88. The van der Waals surface area contributed by atoms with Crippen molar-refractivity contribution in [2.24, 2.45) is 14.1 Å². The van der Waals surface area contributed by atoms with Gasteiger partial charge in [0.05, 0.1) is 11.2 Å². The Labute approximate surface area is 172 Å². The topological polar surface area (TPSA) is 128 Å². The van der Waals surface area contributed by atoms with Crippen LogP contribution in [0.15, 0.2) is 45.1 Å². The zero-order valence-electron chi connectivity index (χ0n) is 17.0. The van der Waals surface area contributed by atoms with Crippen LogP contribution in [0.4, 0.5) is 0 Å². The van der Waals surface area contributed by atoms with Gasteiger partial charge in [0.1, 0.15) is 6.54 Å². The van der Waals surface area contributed by atoms with E-state index in [1.54, 1.807) is 19.2 Å². The molecule has 2 aromatic heterocycles. The normalized spacial score (nSPS) is 11.9. The molecule has 3 aromatic rings. The van der Waals surface area contributed by atoms with Crippen LogP contribution in [-0.2, 0) is 42.0 Å². The molecule has 1 N–H and O–H groups in total. The molecule has 3 rings (SSSR count). The molecule has 0 unspecified atom stereocenters. The summed E-state index contributed by atoms with van der Waals surface area (Å²) in [5.41, 5.74) is -0.0935. The number of fused-ring (bicyclic) bond motifs is 1. The smallest absolute Gasteiger partial charge is 0.332 e. The van der Waals surface area contributed by atoms with Crippen molar-refractivity contribution in [1.82, 2.24) is 28.3 Å². The van der Waals surface area contributed by atoms with Gasteiger partial charge in [-0.15, -0.1) is 0 Å². The lowest BCUT2D eigenvalue weighted by Gasteiger charge is -2.12. The Morgan fingerprint density at radius 3 is 2.37 bits per heavy atom. The molecule has 0 aliphatic rings. The Bertz CT molecular complexity index is 1330. The lowest BCUT2D eigenvalue weighted by atomic mass is 10.2. The molecule has 0 atom stereocenters. The first-order valence-electron chi connectivity index (χ1n) is 8.93. The largest absolute Gasteiger partial charge is 0.350 e. The van der Waals surface area contributed by atoms with Crippen LogP contribution in [0.2, 0.25) is 0 Å². The van der Waals surface area contributed by atoms with E-state index in [2.05, 4.69) is 10.3 Å². The van der Waals surface area contributed by atoms with Crippen molar-refractivity contribution in [2.45, 2.75) is 18.0 Å². The highest BCUT2D eigenvalue weighted by Gasteiger charge is 2.18. The van der Waals surface area contributed by atoms with E-state index in [4.69, 9.17) is 0 Å². The summed E-state index contributed by atoms with van der Waals surface area (Å²) in [7, 11) is 2.47. The summed E-state index contributed by atoms with van der Waals surface area (Å²) < 4.78 is 28.9. The molecular formula is C18H22N6O5S. The first-order chi connectivity index (χ1) is 14.0. The summed E-state index contributed by atoms with van der Waals surface area (Å²) in [5.74, 6) is -0.527. The standard InChI is InChI=1S/C18H22N6O5S/c1-21(2)30(28,29)13-7-5-12(6-8-13)9-19-14(25)10-24-17(26)15-16(20-11-22(15)3)23(4)18(24)27/h5-8,11H,9-10H2,1-4H3,(H,19,25). The molecule has 12 heteroatoms. The van der Waals surface area contributed by atoms with Crippen molar-refractivity contribution in [1.29, 1.82) is 0 Å². The number of imidazole rings is 1. The predicted octanol–water partition coefficient (Wildman–Crippen LogP) is -1.000. The van der Waals surface area contributed by atoms with E-state index in [1.165, 1.54) is 48.7 Å². The van der Waals surface area contributed by atoms with Gasteiger partial charge in [-0.05, 0) is 17.7 Å². The van der Waals surface area contributed by atoms with Crippen LogP contribution < -0.4 is 16.6 Å². The van der Waals surface area contributed by atoms with Crippen molar-refractivity contribution in [3.05, 3.63) is 57.0 Å². The van der Waals surface area contributed by atoms with E-state index >= 15 is 0 Å². The Kier molecular flexibility index (Phi) is 5.63. The molecule has 0 aliphatic heterocycles. The first-order valence-corrected chi connectivity index (χ1v) is 10.4.